The number of aryl methyl sites for hydroxylation is 1. The smallest absolute Gasteiger partial charge is 0.210 e. The van der Waals surface area contributed by atoms with Gasteiger partial charge in [-0.05, 0) is 55.9 Å². The zero-order valence-electron chi connectivity index (χ0n) is 18.7. The number of rotatable bonds is 11. The number of aliphatic imine (C=N–C) groups is 1. The van der Waals surface area contributed by atoms with Crippen LogP contribution in [-0.2, 0) is 22.5 Å². The van der Waals surface area contributed by atoms with Crippen LogP contribution in [0.5, 0.6) is 11.5 Å². The van der Waals surface area contributed by atoms with Gasteiger partial charge in [-0.2, -0.15) is 0 Å². The Balaban J connectivity index is 1.71. The number of amides is 1. The summed E-state index contributed by atoms with van der Waals surface area (Å²) in [6.45, 7) is 6.67. The Kier molecular flexibility index (Phi) is 8.47. The molecule has 2 aromatic carbocycles. The van der Waals surface area contributed by atoms with E-state index in [1.165, 1.54) is 11.1 Å². The molecular formula is C25H32N2O4. The second-order valence-electron chi connectivity index (χ2n) is 7.64. The van der Waals surface area contributed by atoms with Crippen LogP contribution in [-0.4, -0.2) is 50.5 Å². The van der Waals surface area contributed by atoms with Crippen molar-refractivity contribution in [2.45, 2.75) is 45.7 Å². The number of carbonyl (C=O) groups is 1. The normalized spacial score (nSPS) is 15.7. The molecule has 0 fully saturated rings. The second kappa shape index (κ2) is 11.5. The predicted octanol–water partition coefficient (Wildman–Crippen LogP) is 4.48. The summed E-state index contributed by atoms with van der Waals surface area (Å²) in [5.74, 6) is 1.38. The summed E-state index contributed by atoms with van der Waals surface area (Å²) >= 11 is 0. The van der Waals surface area contributed by atoms with Crippen molar-refractivity contribution in [1.82, 2.24) is 4.90 Å². The number of methoxy groups -OCH3 is 1. The van der Waals surface area contributed by atoms with Gasteiger partial charge in [0.1, 0.15) is 0 Å². The minimum atomic E-state index is -0.0724. The van der Waals surface area contributed by atoms with Gasteiger partial charge >= 0.3 is 0 Å². The van der Waals surface area contributed by atoms with Gasteiger partial charge < -0.3 is 19.1 Å². The topological polar surface area (TPSA) is 60.4 Å². The first-order chi connectivity index (χ1) is 15.2. The fraction of sp³-hybridized carbons (Fsp3) is 0.440. The highest BCUT2D eigenvalue weighted by Gasteiger charge is 2.23. The van der Waals surface area contributed by atoms with Crippen molar-refractivity contribution in [2.24, 2.45) is 4.99 Å². The summed E-state index contributed by atoms with van der Waals surface area (Å²) in [6, 6.07) is 12.0. The number of unbranched alkanes of at least 4 members (excludes halogenated alkanes) is 1. The molecule has 0 radical (unpaired) electrons. The van der Waals surface area contributed by atoms with Gasteiger partial charge in [-0.3, -0.25) is 9.79 Å². The van der Waals surface area contributed by atoms with Gasteiger partial charge in [0, 0.05) is 32.0 Å². The molecule has 0 bridgehead atoms. The quantitative estimate of drug-likeness (QED) is 0.303. The molecule has 166 valence electrons. The van der Waals surface area contributed by atoms with Gasteiger partial charge in [0.2, 0.25) is 6.41 Å². The lowest BCUT2D eigenvalue weighted by atomic mass is 9.95. The summed E-state index contributed by atoms with van der Waals surface area (Å²) in [6.07, 6.45) is 5.40. The lowest BCUT2D eigenvalue weighted by Crippen LogP contribution is -2.40. The van der Waals surface area contributed by atoms with Crippen LogP contribution in [0.1, 0.15) is 36.5 Å². The lowest BCUT2D eigenvalue weighted by Gasteiger charge is -2.31. The highest BCUT2D eigenvalue weighted by Crippen LogP contribution is 2.35. The van der Waals surface area contributed by atoms with Gasteiger partial charge in [-0.15, -0.1) is 0 Å². The van der Waals surface area contributed by atoms with E-state index < -0.39 is 0 Å². The molecule has 1 unspecified atom stereocenters. The standard InChI is InChI=1S/C25H32N2O4/c1-4-30-11-7-8-12-31-25-15-23(19(2)13-24(25)29-3)26-16-22-14-20-9-5-6-10-21(20)17-27(22)18-28/h5-6,9-10,13,15-16,18,22H,4,7-8,11-12,14,17H2,1-3H3. The fourth-order valence-electron chi connectivity index (χ4n) is 3.68. The third-order valence-corrected chi connectivity index (χ3v) is 5.47. The summed E-state index contributed by atoms with van der Waals surface area (Å²) in [5.41, 5.74) is 4.26. The largest absolute Gasteiger partial charge is 0.493 e. The van der Waals surface area contributed by atoms with Gasteiger partial charge in [-0.25, -0.2) is 0 Å². The predicted molar refractivity (Wildman–Crippen MR) is 123 cm³/mol. The van der Waals surface area contributed by atoms with Crippen molar-refractivity contribution in [3.8, 4) is 11.5 Å². The Morgan fingerprint density at radius 1 is 1.13 bits per heavy atom. The monoisotopic (exact) mass is 424 g/mol. The number of hydrogen-bond donors (Lipinski definition) is 0. The number of fused-ring (bicyclic) bond motifs is 1. The van der Waals surface area contributed by atoms with Crippen LogP contribution in [0.2, 0.25) is 0 Å². The molecule has 2 aromatic rings. The van der Waals surface area contributed by atoms with Crippen molar-refractivity contribution in [2.75, 3.05) is 26.9 Å². The molecule has 1 atom stereocenters. The molecular weight excluding hydrogens is 392 g/mol. The number of benzene rings is 2. The fourth-order valence-corrected chi connectivity index (χ4v) is 3.68. The number of carbonyl (C=O) groups excluding carboxylic acids is 1. The van der Waals surface area contributed by atoms with Gasteiger partial charge in [-0.1, -0.05) is 24.3 Å². The minimum absolute atomic E-state index is 0.0724. The van der Waals surface area contributed by atoms with E-state index >= 15 is 0 Å². The van der Waals surface area contributed by atoms with Crippen molar-refractivity contribution >= 4 is 18.3 Å². The molecule has 1 amide bonds. The molecule has 0 N–H and O–H groups in total. The van der Waals surface area contributed by atoms with Crippen molar-refractivity contribution < 1.29 is 19.0 Å². The maximum absolute atomic E-state index is 11.6. The van der Waals surface area contributed by atoms with E-state index in [1.807, 2.05) is 44.3 Å². The molecule has 0 aromatic heterocycles. The first-order valence-corrected chi connectivity index (χ1v) is 10.9. The molecule has 0 saturated heterocycles. The highest BCUT2D eigenvalue weighted by atomic mass is 16.5. The molecule has 6 heteroatoms. The van der Waals surface area contributed by atoms with Crippen LogP contribution in [0, 0.1) is 6.92 Å². The Morgan fingerprint density at radius 3 is 2.65 bits per heavy atom. The summed E-state index contributed by atoms with van der Waals surface area (Å²) in [7, 11) is 1.64. The zero-order valence-corrected chi connectivity index (χ0v) is 18.7. The van der Waals surface area contributed by atoms with Gasteiger partial charge in [0.25, 0.3) is 0 Å². The number of nitrogens with zero attached hydrogens (tertiary/aromatic N) is 2. The molecule has 0 aliphatic carbocycles. The number of hydrogen-bond acceptors (Lipinski definition) is 5. The Hall–Kier alpha value is -2.86. The van der Waals surface area contributed by atoms with E-state index in [0.717, 1.165) is 50.1 Å². The third-order valence-electron chi connectivity index (χ3n) is 5.47. The maximum Gasteiger partial charge on any atom is 0.210 e. The molecule has 31 heavy (non-hydrogen) atoms. The SMILES string of the molecule is CCOCCCCOc1cc(N=CC2Cc3ccccc3CN2C=O)c(C)cc1OC. The third kappa shape index (κ3) is 6.07. The first-order valence-electron chi connectivity index (χ1n) is 10.9. The Bertz CT molecular complexity index is 897. The minimum Gasteiger partial charge on any atom is -0.493 e. The Morgan fingerprint density at radius 2 is 1.90 bits per heavy atom. The van der Waals surface area contributed by atoms with Crippen LogP contribution >= 0.6 is 0 Å². The highest BCUT2D eigenvalue weighted by molar-refractivity contribution is 5.74. The molecule has 6 nitrogen and oxygen atoms in total. The molecule has 0 saturated carbocycles. The summed E-state index contributed by atoms with van der Waals surface area (Å²) in [5, 5.41) is 0. The second-order valence-corrected chi connectivity index (χ2v) is 7.64. The zero-order chi connectivity index (χ0) is 22.1. The van der Waals surface area contributed by atoms with Crippen molar-refractivity contribution in [3.05, 3.63) is 53.1 Å². The van der Waals surface area contributed by atoms with Crippen LogP contribution < -0.4 is 9.47 Å². The summed E-state index contributed by atoms with van der Waals surface area (Å²) in [4.78, 5) is 18.1. The molecule has 0 spiro atoms. The number of ether oxygens (including phenoxy) is 3. The van der Waals surface area contributed by atoms with Crippen molar-refractivity contribution in [1.29, 1.82) is 0 Å². The van der Waals surface area contributed by atoms with Crippen LogP contribution in [0.4, 0.5) is 5.69 Å². The molecule has 1 aliphatic rings. The van der Waals surface area contributed by atoms with Crippen LogP contribution in [0.25, 0.3) is 0 Å². The van der Waals surface area contributed by atoms with Crippen LogP contribution in [0.3, 0.4) is 0 Å². The molecule has 1 aliphatic heterocycles. The van der Waals surface area contributed by atoms with E-state index in [0.29, 0.717) is 24.7 Å². The van der Waals surface area contributed by atoms with Gasteiger partial charge in [0.15, 0.2) is 11.5 Å². The lowest BCUT2D eigenvalue weighted by molar-refractivity contribution is -0.119. The van der Waals surface area contributed by atoms with E-state index in [2.05, 4.69) is 12.1 Å². The van der Waals surface area contributed by atoms with E-state index in [4.69, 9.17) is 19.2 Å². The van der Waals surface area contributed by atoms with E-state index in [1.54, 1.807) is 12.0 Å². The first kappa shape index (κ1) is 22.8. The average molecular weight is 425 g/mol. The van der Waals surface area contributed by atoms with E-state index in [9.17, 15) is 4.79 Å². The van der Waals surface area contributed by atoms with Crippen LogP contribution in [0.15, 0.2) is 41.4 Å². The maximum atomic E-state index is 11.6. The Labute approximate surface area is 184 Å². The van der Waals surface area contributed by atoms with Crippen molar-refractivity contribution in [3.63, 3.8) is 0 Å². The van der Waals surface area contributed by atoms with E-state index in [-0.39, 0.29) is 6.04 Å². The van der Waals surface area contributed by atoms with Gasteiger partial charge in [0.05, 0.1) is 25.4 Å². The molecule has 1 heterocycles. The average Bonchev–Trinajstić information content (AvgIpc) is 2.80. The molecule has 3 rings (SSSR count). The summed E-state index contributed by atoms with van der Waals surface area (Å²) < 4.78 is 16.8.